The Kier molecular flexibility index (Phi) is 3.98. The molecule has 0 aliphatic rings. The van der Waals surface area contributed by atoms with Crippen LogP contribution in [0.3, 0.4) is 0 Å². The molecule has 0 fully saturated rings. The first-order chi connectivity index (χ1) is 8.60. The summed E-state index contributed by atoms with van der Waals surface area (Å²) in [5, 5.41) is 14.3. The number of halogens is 1. The molecule has 0 aliphatic carbocycles. The lowest BCUT2D eigenvalue weighted by molar-refractivity contribution is 0.172. The Bertz CT molecular complexity index is 542. The van der Waals surface area contributed by atoms with Gasteiger partial charge in [-0.25, -0.2) is 4.68 Å². The summed E-state index contributed by atoms with van der Waals surface area (Å²) in [7, 11) is 3.35. The van der Waals surface area contributed by atoms with Crippen LogP contribution in [0.25, 0.3) is 0 Å². The molecule has 0 aromatic carbocycles. The lowest BCUT2D eigenvalue weighted by Gasteiger charge is -2.07. The summed E-state index contributed by atoms with van der Waals surface area (Å²) < 4.78 is 7.60. The highest BCUT2D eigenvalue weighted by Crippen LogP contribution is 2.22. The van der Waals surface area contributed by atoms with Crippen molar-refractivity contribution in [3.63, 3.8) is 0 Å². The van der Waals surface area contributed by atoms with Crippen molar-refractivity contribution >= 4 is 15.9 Å². The molecule has 5 nitrogen and oxygen atoms in total. The number of aliphatic hydroxyl groups is 1. The Morgan fingerprint density at radius 2 is 2.22 bits per heavy atom. The summed E-state index contributed by atoms with van der Waals surface area (Å²) in [6.45, 7) is 0. The lowest BCUT2D eigenvalue weighted by Crippen LogP contribution is -2.04. The Morgan fingerprint density at radius 1 is 1.44 bits per heavy atom. The van der Waals surface area contributed by atoms with Crippen molar-refractivity contribution in [3.8, 4) is 5.88 Å². The number of pyridine rings is 1. The molecule has 0 amide bonds. The largest absolute Gasteiger partial charge is 0.481 e. The first-order valence-electron chi connectivity index (χ1n) is 5.45. The van der Waals surface area contributed by atoms with Gasteiger partial charge >= 0.3 is 0 Å². The van der Waals surface area contributed by atoms with Crippen LogP contribution in [-0.2, 0) is 13.5 Å². The van der Waals surface area contributed by atoms with E-state index in [4.69, 9.17) is 4.74 Å². The van der Waals surface area contributed by atoms with Gasteiger partial charge in [-0.3, -0.25) is 4.98 Å². The molecule has 2 heterocycles. The summed E-state index contributed by atoms with van der Waals surface area (Å²) in [5.74, 6) is 0.622. The third-order valence-corrected chi connectivity index (χ3v) is 3.03. The quantitative estimate of drug-likeness (QED) is 0.936. The van der Waals surface area contributed by atoms with Crippen LogP contribution in [0, 0.1) is 0 Å². The fourth-order valence-corrected chi connectivity index (χ4v) is 2.13. The molecule has 1 atom stereocenters. The maximum atomic E-state index is 10.1. The molecule has 0 aliphatic heterocycles. The second kappa shape index (κ2) is 5.49. The normalized spacial score (nSPS) is 12.4. The van der Waals surface area contributed by atoms with E-state index in [0.717, 1.165) is 10.0 Å². The van der Waals surface area contributed by atoms with Gasteiger partial charge in [-0.1, -0.05) is 0 Å². The van der Waals surface area contributed by atoms with Gasteiger partial charge in [0.05, 0.1) is 12.8 Å². The van der Waals surface area contributed by atoms with E-state index < -0.39 is 6.10 Å². The number of methoxy groups -OCH3 is 1. The first-order valence-corrected chi connectivity index (χ1v) is 6.25. The van der Waals surface area contributed by atoms with Crippen LogP contribution < -0.4 is 4.74 Å². The molecule has 1 N–H and O–H groups in total. The molecule has 0 saturated heterocycles. The molecular formula is C12H14BrN3O2. The fourth-order valence-electron chi connectivity index (χ4n) is 1.72. The Labute approximate surface area is 114 Å². The van der Waals surface area contributed by atoms with Gasteiger partial charge in [-0.05, 0) is 27.6 Å². The number of hydrogen-bond acceptors (Lipinski definition) is 4. The van der Waals surface area contributed by atoms with Crippen LogP contribution in [0.15, 0.2) is 29.0 Å². The molecule has 2 rings (SSSR count). The molecule has 0 radical (unpaired) electrons. The van der Waals surface area contributed by atoms with Gasteiger partial charge in [0.15, 0.2) is 0 Å². The van der Waals surface area contributed by atoms with E-state index in [1.165, 1.54) is 0 Å². The van der Waals surface area contributed by atoms with Crippen molar-refractivity contribution in [2.75, 3.05) is 7.11 Å². The van der Waals surface area contributed by atoms with Crippen molar-refractivity contribution < 1.29 is 9.84 Å². The topological polar surface area (TPSA) is 60.2 Å². The number of hydrogen-bond donors (Lipinski definition) is 1. The zero-order chi connectivity index (χ0) is 13.1. The molecule has 0 bridgehead atoms. The van der Waals surface area contributed by atoms with E-state index in [1.807, 2.05) is 6.07 Å². The minimum Gasteiger partial charge on any atom is -0.481 e. The average Bonchev–Trinajstić information content (AvgIpc) is 2.70. The van der Waals surface area contributed by atoms with Gasteiger partial charge in [0, 0.05) is 36.4 Å². The van der Waals surface area contributed by atoms with E-state index in [2.05, 4.69) is 26.0 Å². The highest BCUT2D eigenvalue weighted by molar-refractivity contribution is 9.10. The Balaban J connectivity index is 2.13. The van der Waals surface area contributed by atoms with Crippen LogP contribution in [0.5, 0.6) is 5.88 Å². The van der Waals surface area contributed by atoms with Crippen LogP contribution in [0.4, 0.5) is 0 Å². The van der Waals surface area contributed by atoms with E-state index in [0.29, 0.717) is 18.0 Å². The second-order valence-electron chi connectivity index (χ2n) is 3.97. The van der Waals surface area contributed by atoms with Crippen molar-refractivity contribution in [1.29, 1.82) is 0 Å². The van der Waals surface area contributed by atoms with E-state index in [9.17, 15) is 5.11 Å². The maximum absolute atomic E-state index is 10.1. The summed E-state index contributed by atoms with van der Waals surface area (Å²) in [5.41, 5.74) is 1.54. The van der Waals surface area contributed by atoms with Crippen LogP contribution in [0.2, 0.25) is 0 Å². The van der Waals surface area contributed by atoms with Gasteiger partial charge < -0.3 is 9.84 Å². The average molecular weight is 312 g/mol. The van der Waals surface area contributed by atoms with Crippen LogP contribution in [-0.4, -0.2) is 27.0 Å². The number of ether oxygens (including phenoxy) is 1. The molecule has 6 heteroatoms. The summed E-state index contributed by atoms with van der Waals surface area (Å²) >= 11 is 3.35. The monoisotopic (exact) mass is 311 g/mol. The molecule has 0 spiro atoms. The second-order valence-corrected chi connectivity index (χ2v) is 4.88. The highest BCUT2D eigenvalue weighted by Gasteiger charge is 2.15. The number of rotatable bonds is 4. The number of aromatic nitrogens is 3. The van der Waals surface area contributed by atoms with Crippen molar-refractivity contribution in [2.45, 2.75) is 12.5 Å². The van der Waals surface area contributed by atoms with Crippen LogP contribution >= 0.6 is 15.9 Å². The molecule has 0 saturated carbocycles. The fraction of sp³-hybridized carbons (Fsp3) is 0.333. The molecule has 2 aromatic heterocycles. The van der Waals surface area contributed by atoms with Gasteiger partial charge in [0.2, 0.25) is 5.88 Å². The minimum atomic E-state index is -0.670. The maximum Gasteiger partial charge on any atom is 0.211 e. The predicted octanol–water partition coefficient (Wildman–Crippen LogP) is 1.86. The van der Waals surface area contributed by atoms with Gasteiger partial charge in [0.25, 0.3) is 0 Å². The van der Waals surface area contributed by atoms with E-state index in [-0.39, 0.29) is 0 Å². The van der Waals surface area contributed by atoms with Gasteiger partial charge in [-0.2, -0.15) is 5.10 Å². The Morgan fingerprint density at radius 3 is 2.83 bits per heavy atom. The van der Waals surface area contributed by atoms with Crippen molar-refractivity contribution in [2.24, 2.45) is 7.05 Å². The third-order valence-electron chi connectivity index (χ3n) is 2.60. The summed E-state index contributed by atoms with van der Waals surface area (Å²) in [6.07, 6.45) is 3.23. The molecule has 18 heavy (non-hydrogen) atoms. The van der Waals surface area contributed by atoms with Gasteiger partial charge in [0.1, 0.15) is 6.10 Å². The molecule has 96 valence electrons. The predicted molar refractivity (Wildman–Crippen MR) is 70.4 cm³/mol. The molecule has 2 aromatic rings. The highest BCUT2D eigenvalue weighted by atomic mass is 79.9. The summed E-state index contributed by atoms with van der Waals surface area (Å²) in [6, 6.07) is 3.66. The Hall–Kier alpha value is -1.40. The minimum absolute atomic E-state index is 0.465. The summed E-state index contributed by atoms with van der Waals surface area (Å²) in [4.78, 5) is 4.06. The van der Waals surface area contributed by atoms with E-state index in [1.54, 1.807) is 37.3 Å². The van der Waals surface area contributed by atoms with Gasteiger partial charge in [-0.15, -0.1) is 0 Å². The standard InChI is InChI=1S/C12H14BrN3O2/c1-16-12(18-2)5-10(15-16)11(17)4-8-3-9(13)7-14-6-8/h3,5-7,11,17H,4H2,1-2H3. The number of aryl methyl sites for hydroxylation is 1. The zero-order valence-corrected chi connectivity index (χ0v) is 11.8. The zero-order valence-electron chi connectivity index (χ0n) is 10.2. The molecular weight excluding hydrogens is 298 g/mol. The number of aliphatic hydroxyl groups excluding tert-OH is 1. The van der Waals surface area contributed by atoms with E-state index >= 15 is 0 Å². The van der Waals surface area contributed by atoms with Crippen molar-refractivity contribution in [3.05, 3.63) is 40.3 Å². The third kappa shape index (κ3) is 2.88. The molecule has 1 unspecified atom stereocenters. The smallest absolute Gasteiger partial charge is 0.211 e. The SMILES string of the molecule is COc1cc(C(O)Cc2cncc(Br)c2)nn1C. The lowest BCUT2D eigenvalue weighted by atomic mass is 10.1. The van der Waals surface area contributed by atoms with Crippen LogP contribution in [0.1, 0.15) is 17.4 Å². The first kappa shape index (κ1) is 13.0. The van der Waals surface area contributed by atoms with Crippen molar-refractivity contribution in [1.82, 2.24) is 14.8 Å². The number of nitrogens with zero attached hydrogens (tertiary/aromatic N) is 3.